The molecule has 12 heavy (non-hydrogen) atoms. The van der Waals surface area contributed by atoms with Crippen LogP contribution in [-0.4, -0.2) is 18.6 Å². The molecule has 2 rings (SSSR count). The van der Waals surface area contributed by atoms with Crippen molar-refractivity contribution in [2.45, 2.75) is 50.6 Å². The number of hydrogen-bond acceptors (Lipinski definition) is 2. The highest BCUT2D eigenvalue weighted by Crippen LogP contribution is 2.33. The zero-order chi connectivity index (χ0) is 8.39. The Morgan fingerprint density at radius 1 is 1.25 bits per heavy atom. The van der Waals surface area contributed by atoms with Crippen LogP contribution >= 0.6 is 0 Å². The molecule has 0 spiro atoms. The molecule has 1 saturated carbocycles. The van der Waals surface area contributed by atoms with E-state index in [0.717, 1.165) is 24.5 Å². The highest BCUT2D eigenvalue weighted by Gasteiger charge is 2.34. The molecule has 2 aliphatic rings. The van der Waals surface area contributed by atoms with Crippen LogP contribution in [0.15, 0.2) is 0 Å². The third-order valence-corrected chi connectivity index (χ3v) is 3.46. The minimum absolute atomic E-state index is 0.739. The van der Waals surface area contributed by atoms with E-state index in [1.165, 1.54) is 38.5 Å². The predicted molar refractivity (Wildman–Crippen MR) is 51.0 cm³/mol. The summed E-state index contributed by atoms with van der Waals surface area (Å²) < 4.78 is 0. The van der Waals surface area contributed by atoms with Gasteiger partial charge < -0.3 is 11.1 Å². The van der Waals surface area contributed by atoms with Crippen LogP contribution in [0, 0.1) is 5.92 Å². The van der Waals surface area contributed by atoms with Crippen LogP contribution in [0.4, 0.5) is 0 Å². The third kappa shape index (κ3) is 1.64. The Bertz CT molecular complexity index is 133. The van der Waals surface area contributed by atoms with Gasteiger partial charge in [0.2, 0.25) is 0 Å². The molecular formula is C10H20N2. The lowest BCUT2D eigenvalue weighted by atomic mass is 9.85. The summed E-state index contributed by atoms with van der Waals surface area (Å²) in [6.07, 6.45) is 8.32. The zero-order valence-electron chi connectivity index (χ0n) is 7.76. The molecule has 2 fully saturated rings. The lowest BCUT2D eigenvalue weighted by Crippen LogP contribution is -2.33. The Hall–Kier alpha value is -0.0800. The van der Waals surface area contributed by atoms with E-state index in [1.807, 2.05) is 0 Å². The Morgan fingerprint density at radius 2 is 2.08 bits per heavy atom. The van der Waals surface area contributed by atoms with Crippen molar-refractivity contribution in [2.75, 3.05) is 6.54 Å². The molecule has 2 nitrogen and oxygen atoms in total. The van der Waals surface area contributed by atoms with Gasteiger partial charge in [-0.1, -0.05) is 12.8 Å². The van der Waals surface area contributed by atoms with E-state index in [0.29, 0.717) is 0 Å². The number of nitrogens with two attached hydrogens (primary N) is 1. The monoisotopic (exact) mass is 168 g/mol. The van der Waals surface area contributed by atoms with E-state index in [1.54, 1.807) is 0 Å². The molecule has 0 radical (unpaired) electrons. The minimum atomic E-state index is 0.739. The van der Waals surface area contributed by atoms with E-state index >= 15 is 0 Å². The number of fused-ring (bicyclic) bond motifs is 1. The summed E-state index contributed by atoms with van der Waals surface area (Å²) in [5, 5.41) is 3.71. The number of hydrogen-bond donors (Lipinski definition) is 2. The Morgan fingerprint density at radius 3 is 2.83 bits per heavy atom. The first-order chi connectivity index (χ1) is 5.90. The lowest BCUT2D eigenvalue weighted by molar-refractivity contribution is 0.325. The second kappa shape index (κ2) is 3.75. The first kappa shape index (κ1) is 8.52. The molecule has 3 N–H and O–H groups in total. The molecular weight excluding hydrogens is 148 g/mol. The second-order valence-corrected chi connectivity index (χ2v) is 4.33. The van der Waals surface area contributed by atoms with Crippen LogP contribution in [0.1, 0.15) is 38.5 Å². The van der Waals surface area contributed by atoms with Gasteiger partial charge in [0.1, 0.15) is 0 Å². The van der Waals surface area contributed by atoms with Crippen molar-refractivity contribution < 1.29 is 0 Å². The standard InChI is InChI=1S/C10H20N2/c11-6-5-9-7-8-3-1-2-4-10(8)12-9/h8-10,12H,1-7,11H2/t8-,9+,10+/m1/s1. The van der Waals surface area contributed by atoms with Crippen molar-refractivity contribution in [2.24, 2.45) is 11.7 Å². The average molecular weight is 168 g/mol. The Labute approximate surface area is 74.9 Å². The molecule has 0 unspecified atom stereocenters. The van der Waals surface area contributed by atoms with E-state index in [2.05, 4.69) is 5.32 Å². The van der Waals surface area contributed by atoms with Crippen LogP contribution in [0.5, 0.6) is 0 Å². The summed E-state index contributed by atoms with van der Waals surface area (Å²) in [5.41, 5.74) is 5.56. The van der Waals surface area contributed by atoms with Crippen LogP contribution in [0.2, 0.25) is 0 Å². The largest absolute Gasteiger partial charge is 0.330 e. The van der Waals surface area contributed by atoms with Gasteiger partial charge in [0.05, 0.1) is 0 Å². The van der Waals surface area contributed by atoms with Gasteiger partial charge in [-0.05, 0) is 38.1 Å². The maximum absolute atomic E-state index is 5.56. The zero-order valence-corrected chi connectivity index (χ0v) is 7.76. The van der Waals surface area contributed by atoms with Gasteiger partial charge in [-0.25, -0.2) is 0 Å². The van der Waals surface area contributed by atoms with Gasteiger partial charge in [0, 0.05) is 12.1 Å². The predicted octanol–water partition coefficient (Wildman–Crippen LogP) is 1.26. The van der Waals surface area contributed by atoms with Crippen LogP contribution in [-0.2, 0) is 0 Å². The van der Waals surface area contributed by atoms with Crippen molar-refractivity contribution in [3.8, 4) is 0 Å². The number of nitrogens with one attached hydrogen (secondary N) is 1. The van der Waals surface area contributed by atoms with Gasteiger partial charge >= 0.3 is 0 Å². The van der Waals surface area contributed by atoms with Gasteiger partial charge in [-0.15, -0.1) is 0 Å². The molecule has 3 atom stereocenters. The maximum Gasteiger partial charge on any atom is 0.00985 e. The van der Waals surface area contributed by atoms with Crippen LogP contribution < -0.4 is 11.1 Å². The fraction of sp³-hybridized carbons (Fsp3) is 1.00. The topological polar surface area (TPSA) is 38.0 Å². The molecule has 70 valence electrons. The van der Waals surface area contributed by atoms with Crippen LogP contribution in [0.3, 0.4) is 0 Å². The van der Waals surface area contributed by atoms with Gasteiger partial charge in [-0.3, -0.25) is 0 Å². The molecule has 0 bridgehead atoms. The normalized spacial score (nSPS) is 41.2. The SMILES string of the molecule is NCC[C@H]1C[C@H]2CCCC[C@@H]2N1. The average Bonchev–Trinajstić information content (AvgIpc) is 2.47. The minimum Gasteiger partial charge on any atom is -0.330 e. The lowest BCUT2D eigenvalue weighted by Gasteiger charge is -2.24. The highest BCUT2D eigenvalue weighted by molar-refractivity contribution is 4.92. The fourth-order valence-electron chi connectivity index (χ4n) is 2.85. The maximum atomic E-state index is 5.56. The number of rotatable bonds is 2. The second-order valence-electron chi connectivity index (χ2n) is 4.33. The van der Waals surface area contributed by atoms with Gasteiger partial charge in [-0.2, -0.15) is 0 Å². The molecule has 1 saturated heterocycles. The van der Waals surface area contributed by atoms with Crippen molar-refractivity contribution in [3.05, 3.63) is 0 Å². The third-order valence-electron chi connectivity index (χ3n) is 3.46. The molecule has 0 amide bonds. The van der Waals surface area contributed by atoms with Crippen molar-refractivity contribution in [1.82, 2.24) is 5.32 Å². The molecule has 1 heterocycles. The summed E-state index contributed by atoms with van der Waals surface area (Å²) in [5.74, 6) is 0.982. The highest BCUT2D eigenvalue weighted by atomic mass is 15.0. The van der Waals surface area contributed by atoms with E-state index in [4.69, 9.17) is 5.73 Å². The molecule has 0 aromatic rings. The van der Waals surface area contributed by atoms with E-state index in [9.17, 15) is 0 Å². The first-order valence-corrected chi connectivity index (χ1v) is 5.36. The van der Waals surface area contributed by atoms with E-state index in [-0.39, 0.29) is 0 Å². The van der Waals surface area contributed by atoms with Crippen LogP contribution in [0.25, 0.3) is 0 Å². The summed E-state index contributed by atoms with van der Waals surface area (Å²) >= 11 is 0. The summed E-state index contributed by atoms with van der Waals surface area (Å²) in [6, 6.07) is 1.58. The summed E-state index contributed by atoms with van der Waals surface area (Å²) in [4.78, 5) is 0. The van der Waals surface area contributed by atoms with Crippen molar-refractivity contribution in [3.63, 3.8) is 0 Å². The molecule has 1 aliphatic heterocycles. The Balaban J connectivity index is 1.85. The Kier molecular flexibility index (Phi) is 2.66. The summed E-state index contributed by atoms with van der Waals surface area (Å²) in [6.45, 7) is 0.844. The molecule has 0 aromatic heterocycles. The summed E-state index contributed by atoms with van der Waals surface area (Å²) in [7, 11) is 0. The quantitative estimate of drug-likeness (QED) is 0.651. The smallest absolute Gasteiger partial charge is 0.00985 e. The van der Waals surface area contributed by atoms with Crippen molar-refractivity contribution >= 4 is 0 Å². The van der Waals surface area contributed by atoms with Crippen molar-refractivity contribution in [1.29, 1.82) is 0 Å². The molecule has 1 aliphatic carbocycles. The van der Waals surface area contributed by atoms with Gasteiger partial charge in [0.15, 0.2) is 0 Å². The molecule has 0 aromatic carbocycles. The van der Waals surface area contributed by atoms with E-state index < -0.39 is 0 Å². The first-order valence-electron chi connectivity index (χ1n) is 5.36. The molecule has 2 heteroatoms. The van der Waals surface area contributed by atoms with Gasteiger partial charge in [0.25, 0.3) is 0 Å². The fourth-order valence-corrected chi connectivity index (χ4v) is 2.85.